The molecule has 30 heavy (non-hydrogen) atoms. The normalized spacial score (nSPS) is 16.5. The topological polar surface area (TPSA) is 83.4 Å². The van der Waals surface area contributed by atoms with Gasteiger partial charge < -0.3 is 5.11 Å². The molecule has 1 atom stereocenters. The maximum Gasteiger partial charge on any atom is 0.294 e. The van der Waals surface area contributed by atoms with E-state index < -0.39 is 29.3 Å². The fourth-order valence-corrected chi connectivity index (χ4v) is 4.51. The van der Waals surface area contributed by atoms with E-state index >= 15 is 0 Å². The van der Waals surface area contributed by atoms with Crippen LogP contribution in [-0.4, -0.2) is 26.8 Å². The third kappa shape index (κ3) is 3.28. The Hall–Kier alpha value is -3.10. The maximum absolute atomic E-state index is 13.7. The van der Waals surface area contributed by atoms with Crippen LogP contribution in [0.25, 0.3) is 0 Å². The summed E-state index contributed by atoms with van der Waals surface area (Å²) in [6.07, 6.45) is 3.05. The molecular weight excluding hydrogens is 429 g/mol. The second kappa shape index (κ2) is 7.62. The predicted octanol–water partition coefficient (Wildman–Crippen LogP) is 4.73. The van der Waals surface area contributed by atoms with Crippen molar-refractivity contribution in [3.63, 3.8) is 0 Å². The van der Waals surface area contributed by atoms with Crippen LogP contribution in [0.4, 0.5) is 10.1 Å². The first kappa shape index (κ1) is 20.2. The number of thiazole rings is 1. The lowest BCUT2D eigenvalue weighted by atomic mass is 9.95. The second-order valence-corrected chi connectivity index (χ2v) is 8.31. The van der Waals surface area contributed by atoms with Gasteiger partial charge in [0.2, 0.25) is 5.78 Å². The number of carbonyl (C=O) groups excluding carboxylic acids is 2. The monoisotopic (exact) mass is 443 g/mol. The van der Waals surface area contributed by atoms with Gasteiger partial charge in [0.15, 0.2) is 5.76 Å². The first-order valence-corrected chi connectivity index (χ1v) is 10.1. The number of amides is 1. The molecule has 1 aliphatic heterocycles. The molecule has 9 heteroatoms. The molecule has 2 aromatic heterocycles. The van der Waals surface area contributed by atoms with E-state index in [9.17, 15) is 19.1 Å². The Bertz CT molecular complexity index is 1210. The summed E-state index contributed by atoms with van der Waals surface area (Å²) >= 11 is 7.11. The molecule has 6 nitrogen and oxygen atoms in total. The summed E-state index contributed by atoms with van der Waals surface area (Å²) in [6.45, 7) is 3.47. The van der Waals surface area contributed by atoms with E-state index in [2.05, 4.69) is 9.97 Å². The van der Waals surface area contributed by atoms with Gasteiger partial charge in [-0.25, -0.2) is 9.37 Å². The molecule has 0 radical (unpaired) electrons. The number of benzene rings is 1. The summed E-state index contributed by atoms with van der Waals surface area (Å²) in [5.41, 5.74) is 1.26. The predicted molar refractivity (Wildman–Crippen MR) is 111 cm³/mol. The van der Waals surface area contributed by atoms with E-state index in [1.807, 2.05) is 0 Å². The number of aryl methyl sites for hydroxylation is 2. The van der Waals surface area contributed by atoms with Gasteiger partial charge in [0.05, 0.1) is 32.2 Å². The summed E-state index contributed by atoms with van der Waals surface area (Å²) in [7, 11) is 0. The Labute approximate surface area is 180 Å². The van der Waals surface area contributed by atoms with Gasteiger partial charge in [-0.3, -0.25) is 19.5 Å². The number of Topliss-reactive ketones (excluding diaryl/α,β-unsaturated/α-hetero) is 1. The van der Waals surface area contributed by atoms with Crippen LogP contribution in [0.5, 0.6) is 0 Å². The zero-order chi connectivity index (χ0) is 21.6. The van der Waals surface area contributed by atoms with Crippen LogP contribution in [0, 0.1) is 19.7 Å². The zero-order valence-corrected chi connectivity index (χ0v) is 17.5. The summed E-state index contributed by atoms with van der Waals surface area (Å²) in [5.74, 6) is -2.56. The summed E-state index contributed by atoms with van der Waals surface area (Å²) < 4.78 is 13.7. The lowest BCUT2D eigenvalue weighted by Crippen LogP contribution is -2.31. The molecule has 152 valence electrons. The van der Waals surface area contributed by atoms with E-state index in [0.29, 0.717) is 21.1 Å². The van der Waals surface area contributed by atoms with Crippen molar-refractivity contribution in [1.82, 2.24) is 9.97 Å². The van der Waals surface area contributed by atoms with Crippen molar-refractivity contribution in [1.29, 1.82) is 0 Å². The molecule has 1 aromatic carbocycles. The Morgan fingerprint density at radius 2 is 1.93 bits per heavy atom. The summed E-state index contributed by atoms with van der Waals surface area (Å²) in [5, 5.41) is 11.2. The molecule has 0 saturated carbocycles. The number of halogens is 2. The minimum absolute atomic E-state index is 0.0709. The van der Waals surface area contributed by atoms with E-state index in [1.54, 1.807) is 26.0 Å². The summed E-state index contributed by atoms with van der Waals surface area (Å²) in [4.78, 5) is 36.2. The van der Waals surface area contributed by atoms with E-state index in [4.69, 9.17) is 11.6 Å². The van der Waals surface area contributed by atoms with Gasteiger partial charge in [-0.1, -0.05) is 11.6 Å². The molecule has 1 aliphatic rings. The van der Waals surface area contributed by atoms with Crippen molar-refractivity contribution in [3.8, 4) is 0 Å². The molecule has 0 fully saturated rings. The fourth-order valence-electron chi connectivity index (χ4n) is 3.46. The van der Waals surface area contributed by atoms with Crippen LogP contribution < -0.4 is 4.90 Å². The van der Waals surface area contributed by atoms with Crippen molar-refractivity contribution >= 4 is 40.3 Å². The number of hydrogen-bond donors (Lipinski definition) is 1. The number of hydrogen-bond acceptors (Lipinski definition) is 6. The Morgan fingerprint density at radius 3 is 2.53 bits per heavy atom. The van der Waals surface area contributed by atoms with Crippen LogP contribution in [0.15, 0.2) is 54.1 Å². The van der Waals surface area contributed by atoms with Gasteiger partial charge in [-0.2, -0.15) is 0 Å². The van der Waals surface area contributed by atoms with Gasteiger partial charge >= 0.3 is 0 Å². The molecule has 0 bridgehead atoms. The highest BCUT2D eigenvalue weighted by molar-refractivity contribution is 7.14. The zero-order valence-electron chi connectivity index (χ0n) is 15.9. The number of carbonyl (C=O) groups is 2. The molecular formula is C21H15ClFN3O3S. The minimum Gasteiger partial charge on any atom is -0.503 e. The maximum atomic E-state index is 13.7. The minimum atomic E-state index is -0.934. The Morgan fingerprint density at radius 1 is 1.23 bits per heavy atom. The highest BCUT2D eigenvalue weighted by Gasteiger charge is 2.45. The van der Waals surface area contributed by atoms with Gasteiger partial charge in [0.1, 0.15) is 5.82 Å². The average Bonchev–Trinajstić information content (AvgIpc) is 3.20. The first-order valence-electron chi connectivity index (χ1n) is 8.90. The quantitative estimate of drug-likeness (QED) is 0.589. The number of rotatable bonds is 4. The number of aliphatic hydroxyl groups excluding tert-OH is 1. The standard InChI is InChI=1S/C21H15ClFN3O3S/c1-10-20(30-11(2)25-10)18(27)16-17(12-5-7-24-8-6-12)26(21(29)19(16)28)13-3-4-15(23)14(22)9-13/h3-9,17,28H,1-2H3. The molecule has 0 saturated heterocycles. The van der Waals surface area contributed by atoms with Crippen molar-refractivity contribution in [2.45, 2.75) is 19.9 Å². The Balaban J connectivity index is 1.90. The Kier molecular flexibility index (Phi) is 5.13. The van der Waals surface area contributed by atoms with Gasteiger partial charge in [-0.15, -0.1) is 11.3 Å². The van der Waals surface area contributed by atoms with Gasteiger partial charge in [0.25, 0.3) is 5.91 Å². The number of nitrogens with zero attached hydrogens (tertiary/aromatic N) is 3. The fraction of sp³-hybridized carbons (Fsp3) is 0.143. The van der Waals surface area contributed by atoms with Crippen molar-refractivity contribution in [3.05, 3.63) is 86.0 Å². The van der Waals surface area contributed by atoms with Gasteiger partial charge in [-0.05, 0) is 49.7 Å². The van der Waals surface area contributed by atoms with Crippen LogP contribution in [-0.2, 0) is 4.79 Å². The molecule has 0 spiro atoms. The van der Waals surface area contributed by atoms with Crippen molar-refractivity contribution in [2.75, 3.05) is 4.90 Å². The van der Waals surface area contributed by atoms with Crippen molar-refractivity contribution in [2.24, 2.45) is 0 Å². The highest BCUT2D eigenvalue weighted by atomic mass is 35.5. The molecule has 1 amide bonds. The van der Waals surface area contributed by atoms with E-state index in [-0.39, 0.29) is 16.3 Å². The van der Waals surface area contributed by atoms with E-state index in [1.165, 1.54) is 40.8 Å². The largest absolute Gasteiger partial charge is 0.503 e. The molecule has 4 rings (SSSR count). The van der Waals surface area contributed by atoms with Gasteiger partial charge in [0, 0.05) is 18.1 Å². The number of ketones is 1. The second-order valence-electron chi connectivity index (χ2n) is 6.70. The van der Waals surface area contributed by atoms with Crippen LogP contribution in [0.3, 0.4) is 0 Å². The third-order valence-corrected chi connectivity index (χ3v) is 6.13. The number of pyridine rings is 1. The van der Waals surface area contributed by atoms with Crippen molar-refractivity contribution < 1.29 is 19.1 Å². The average molecular weight is 444 g/mol. The van der Waals surface area contributed by atoms with Crippen LogP contribution >= 0.6 is 22.9 Å². The molecule has 0 aliphatic carbocycles. The van der Waals surface area contributed by atoms with E-state index in [0.717, 1.165) is 6.07 Å². The molecule has 1 unspecified atom stereocenters. The lowest BCUT2D eigenvalue weighted by Gasteiger charge is -2.27. The number of anilines is 1. The number of aliphatic hydroxyl groups is 1. The lowest BCUT2D eigenvalue weighted by molar-refractivity contribution is -0.117. The smallest absolute Gasteiger partial charge is 0.294 e. The molecule has 3 heterocycles. The molecule has 3 aromatic rings. The first-order chi connectivity index (χ1) is 14.3. The summed E-state index contributed by atoms with van der Waals surface area (Å²) in [6, 6.07) is 6.14. The third-order valence-electron chi connectivity index (χ3n) is 4.77. The highest BCUT2D eigenvalue weighted by Crippen LogP contribution is 2.43. The van der Waals surface area contributed by atoms with Crippen LogP contribution in [0.2, 0.25) is 5.02 Å². The van der Waals surface area contributed by atoms with Crippen LogP contribution in [0.1, 0.15) is 32.0 Å². The number of aromatic nitrogens is 2. The molecule has 1 N–H and O–H groups in total. The SMILES string of the molecule is Cc1nc(C)c(C(=O)C2=C(O)C(=O)N(c3ccc(F)c(Cl)c3)C2c2ccncc2)s1.